The zero-order valence-corrected chi connectivity index (χ0v) is 18.9. The molecule has 158 valence electrons. The van der Waals surface area contributed by atoms with Crippen molar-refractivity contribution < 1.29 is 14.3 Å². The molecule has 1 amide bonds. The Labute approximate surface area is 182 Å². The second-order valence-electron chi connectivity index (χ2n) is 7.90. The number of hydrogen-bond donors (Lipinski definition) is 0. The summed E-state index contributed by atoms with van der Waals surface area (Å²) in [6, 6.07) is 4.06. The number of piperidine rings is 1. The van der Waals surface area contributed by atoms with E-state index in [1.807, 2.05) is 18.4 Å². The number of nitrogens with zero attached hydrogens (tertiary/aromatic N) is 2. The average molecular weight is 437 g/mol. The Morgan fingerprint density at radius 2 is 2.10 bits per heavy atom. The molecule has 0 saturated carbocycles. The number of aromatic nitrogens is 1. The number of hydrogen-bond acceptors (Lipinski definition) is 5. The van der Waals surface area contributed by atoms with Gasteiger partial charge >= 0.3 is 6.09 Å². The summed E-state index contributed by atoms with van der Waals surface area (Å²) in [7, 11) is 0. The zero-order chi connectivity index (χ0) is 20.8. The summed E-state index contributed by atoms with van der Waals surface area (Å²) in [6.45, 7) is 8.69. The molecule has 0 aliphatic carbocycles. The van der Waals surface area contributed by atoms with Gasteiger partial charge in [-0.3, -0.25) is 0 Å². The lowest BCUT2D eigenvalue weighted by molar-refractivity contribution is 0.0792. The van der Waals surface area contributed by atoms with Gasteiger partial charge in [-0.05, 0) is 61.3 Å². The van der Waals surface area contributed by atoms with Gasteiger partial charge in [-0.15, -0.1) is 11.3 Å². The number of amides is 1. The molecule has 0 atom stereocenters. The molecule has 2 aromatic rings. The van der Waals surface area contributed by atoms with Crippen molar-refractivity contribution in [3.05, 3.63) is 44.9 Å². The van der Waals surface area contributed by atoms with Crippen LogP contribution in [0.4, 0.5) is 4.79 Å². The number of thiazole rings is 1. The number of carbonyl (C=O) groups is 1. The maximum absolute atomic E-state index is 12.2. The maximum Gasteiger partial charge on any atom is 0.410 e. The second-order valence-corrected chi connectivity index (χ2v) is 9.02. The van der Waals surface area contributed by atoms with Gasteiger partial charge in [0.1, 0.15) is 12.4 Å². The topological polar surface area (TPSA) is 51.7 Å². The Bertz CT molecular complexity index is 803. The standard InChI is InChI=1S/C22H29ClN2O3S/c1-15(2)19-11-21(16(3)10-20(19)23)27-9-6-17-4-7-25(8-5-17)22(26)28-12-18-13-29-14-24-18/h10-11,13-15,17H,4-9,12H2,1-3H3. The monoisotopic (exact) mass is 436 g/mol. The second kappa shape index (κ2) is 10.3. The predicted octanol–water partition coefficient (Wildman–Crippen LogP) is 6.05. The zero-order valence-electron chi connectivity index (χ0n) is 17.3. The summed E-state index contributed by atoms with van der Waals surface area (Å²) < 4.78 is 11.4. The van der Waals surface area contributed by atoms with Crippen LogP contribution in [-0.2, 0) is 11.3 Å². The van der Waals surface area contributed by atoms with E-state index in [0.29, 0.717) is 18.4 Å². The lowest BCUT2D eigenvalue weighted by Crippen LogP contribution is -2.39. The highest BCUT2D eigenvalue weighted by atomic mass is 35.5. The number of benzene rings is 1. The molecule has 0 spiro atoms. The van der Waals surface area contributed by atoms with Gasteiger partial charge in [-0.1, -0.05) is 25.4 Å². The van der Waals surface area contributed by atoms with E-state index >= 15 is 0 Å². The fourth-order valence-electron chi connectivity index (χ4n) is 3.54. The SMILES string of the molecule is Cc1cc(Cl)c(C(C)C)cc1OCCC1CCN(C(=O)OCc2cscn2)CC1. The number of likely N-dealkylation sites (tertiary alicyclic amines) is 1. The highest BCUT2D eigenvalue weighted by Gasteiger charge is 2.24. The van der Waals surface area contributed by atoms with E-state index in [-0.39, 0.29) is 12.7 Å². The van der Waals surface area contributed by atoms with Crippen LogP contribution in [0.2, 0.25) is 5.02 Å². The molecule has 1 aliphatic rings. The van der Waals surface area contributed by atoms with E-state index in [0.717, 1.165) is 59.9 Å². The quantitative estimate of drug-likeness (QED) is 0.530. The van der Waals surface area contributed by atoms with Crippen molar-refractivity contribution >= 4 is 29.0 Å². The lowest BCUT2D eigenvalue weighted by atomic mass is 9.94. The van der Waals surface area contributed by atoms with Crippen LogP contribution in [0, 0.1) is 12.8 Å². The Hall–Kier alpha value is -1.79. The molecule has 0 unspecified atom stereocenters. The summed E-state index contributed by atoms with van der Waals surface area (Å²) in [6.07, 6.45) is 2.70. The smallest absolute Gasteiger partial charge is 0.410 e. The van der Waals surface area contributed by atoms with Gasteiger partial charge in [-0.25, -0.2) is 9.78 Å². The fraction of sp³-hybridized carbons (Fsp3) is 0.545. The molecule has 1 aliphatic heterocycles. The third-order valence-corrected chi connectivity index (χ3v) is 6.36. The normalized spacial score (nSPS) is 15.0. The van der Waals surface area contributed by atoms with Gasteiger partial charge in [0.2, 0.25) is 0 Å². The number of ether oxygens (including phenoxy) is 2. The highest BCUT2D eigenvalue weighted by Crippen LogP contribution is 2.32. The third-order valence-electron chi connectivity index (χ3n) is 5.40. The van der Waals surface area contributed by atoms with Crippen LogP contribution in [0.15, 0.2) is 23.0 Å². The molecule has 0 radical (unpaired) electrons. The van der Waals surface area contributed by atoms with E-state index < -0.39 is 0 Å². The number of aryl methyl sites for hydroxylation is 1. The van der Waals surface area contributed by atoms with E-state index in [9.17, 15) is 4.79 Å². The highest BCUT2D eigenvalue weighted by molar-refractivity contribution is 7.07. The van der Waals surface area contributed by atoms with Crippen molar-refractivity contribution in [3.8, 4) is 5.75 Å². The molecular formula is C22H29ClN2O3S. The Kier molecular flexibility index (Phi) is 7.78. The van der Waals surface area contributed by atoms with E-state index in [1.54, 1.807) is 10.4 Å². The molecule has 7 heteroatoms. The van der Waals surface area contributed by atoms with Gasteiger partial charge in [0.15, 0.2) is 0 Å². The van der Waals surface area contributed by atoms with Crippen molar-refractivity contribution in [2.45, 2.75) is 52.6 Å². The van der Waals surface area contributed by atoms with Gasteiger partial charge in [0, 0.05) is 23.5 Å². The van der Waals surface area contributed by atoms with Crippen molar-refractivity contribution in [3.63, 3.8) is 0 Å². The Balaban J connectivity index is 1.40. The molecule has 29 heavy (non-hydrogen) atoms. The molecular weight excluding hydrogens is 408 g/mol. The lowest BCUT2D eigenvalue weighted by Gasteiger charge is -2.31. The van der Waals surface area contributed by atoms with Crippen LogP contribution in [0.1, 0.15) is 55.8 Å². The summed E-state index contributed by atoms with van der Waals surface area (Å²) >= 11 is 7.84. The first-order valence-electron chi connectivity index (χ1n) is 10.2. The third kappa shape index (κ3) is 6.09. The molecule has 1 fully saturated rings. The minimum atomic E-state index is -0.245. The van der Waals surface area contributed by atoms with Gasteiger partial charge < -0.3 is 14.4 Å². The van der Waals surface area contributed by atoms with Crippen LogP contribution < -0.4 is 4.74 Å². The predicted molar refractivity (Wildman–Crippen MR) is 117 cm³/mol. The van der Waals surface area contributed by atoms with Crippen LogP contribution in [0.3, 0.4) is 0 Å². The molecule has 1 saturated heterocycles. The van der Waals surface area contributed by atoms with E-state index in [1.165, 1.54) is 11.3 Å². The summed E-state index contributed by atoms with van der Waals surface area (Å²) in [5.74, 6) is 1.85. The fourth-order valence-corrected chi connectivity index (χ4v) is 4.52. The van der Waals surface area contributed by atoms with Crippen molar-refractivity contribution in [2.24, 2.45) is 5.92 Å². The summed E-state index contributed by atoms with van der Waals surface area (Å²) in [5.41, 5.74) is 4.73. The van der Waals surface area contributed by atoms with Gasteiger partial charge in [-0.2, -0.15) is 0 Å². The first-order chi connectivity index (χ1) is 13.9. The van der Waals surface area contributed by atoms with Crippen LogP contribution in [-0.4, -0.2) is 35.7 Å². The van der Waals surface area contributed by atoms with Gasteiger partial charge in [0.25, 0.3) is 0 Å². The molecule has 0 N–H and O–H groups in total. The number of rotatable bonds is 7. The molecule has 5 nitrogen and oxygen atoms in total. The van der Waals surface area contributed by atoms with E-state index in [4.69, 9.17) is 21.1 Å². The van der Waals surface area contributed by atoms with Crippen LogP contribution in [0.5, 0.6) is 5.75 Å². The maximum atomic E-state index is 12.2. The summed E-state index contributed by atoms with van der Waals surface area (Å²) in [4.78, 5) is 18.1. The van der Waals surface area contributed by atoms with Crippen LogP contribution in [0.25, 0.3) is 0 Å². The molecule has 3 rings (SSSR count). The Morgan fingerprint density at radius 1 is 1.34 bits per heavy atom. The van der Waals surface area contributed by atoms with Crippen molar-refractivity contribution in [1.29, 1.82) is 0 Å². The van der Waals surface area contributed by atoms with Crippen molar-refractivity contribution in [2.75, 3.05) is 19.7 Å². The molecule has 1 aromatic carbocycles. The van der Waals surface area contributed by atoms with Crippen molar-refractivity contribution in [1.82, 2.24) is 9.88 Å². The Morgan fingerprint density at radius 3 is 2.76 bits per heavy atom. The molecule has 2 heterocycles. The van der Waals surface area contributed by atoms with Gasteiger partial charge in [0.05, 0.1) is 17.8 Å². The largest absolute Gasteiger partial charge is 0.493 e. The van der Waals surface area contributed by atoms with E-state index in [2.05, 4.69) is 24.9 Å². The first-order valence-corrected chi connectivity index (χ1v) is 11.5. The number of carbonyl (C=O) groups excluding carboxylic acids is 1. The van der Waals surface area contributed by atoms with Crippen LogP contribution >= 0.6 is 22.9 Å². The molecule has 0 bridgehead atoms. The number of halogens is 1. The molecule has 1 aromatic heterocycles. The first kappa shape index (κ1) is 21.9. The average Bonchev–Trinajstić information content (AvgIpc) is 3.21. The summed E-state index contributed by atoms with van der Waals surface area (Å²) in [5, 5.41) is 2.70. The minimum absolute atomic E-state index is 0.245. The minimum Gasteiger partial charge on any atom is -0.493 e.